The van der Waals surface area contributed by atoms with Crippen molar-refractivity contribution in [1.82, 2.24) is 0 Å². The van der Waals surface area contributed by atoms with Crippen molar-refractivity contribution in [1.29, 1.82) is 0 Å². The quantitative estimate of drug-likeness (QED) is 0.861. The standard InChI is InChI=1S/C18H20ClNO2/c1-12(2)14-9-8-13(3)17(10-14)22-11-18(21)20-16-7-5-4-6-15(16)19/h4-10,12H,11H2,1-3H3,(H,20,21). The lowest BCUT2D eigenvalue weighted by Gasteiger charge is -2.13. The first-order chi connectivity index (χ1) is 10.5. The highest BCUT2D eigenvalue weighted by atomic mass is 35.5. The molecule has 0 aliphatic rings. The number of amides is 1. The minimum atomic E-state index is -0.234. The predicted molar refractivity (Wildman–Crippen MR) is 90.8 cm³/mol. The number of hydrogen-bond donors (Lipinski definition) is 1. The molecule has 2 aromatic carbocycles. The monoisotopic (exact) mass is 317 g/mol. The maximum Gasteiger partial charge on any atom is 0.262 e. The molecule has 0 aromatic heterocycles. The van der Waals surface area contributed by atoms with Crippen LogP contribution >= 0.6 is 11.6 Å². The van der Waals surface area contributed by atoms with Gasteiger partial charge in [-0.3, -0.25) is 4.79 Å². The Kier molecular flexibility index (Phi) is 5.45. The molecule has 22 heavy (non-hydrogen) atoms. The van der Waals surface area contributed by atoms with Crippen molar-refractivity contribution < 1.29 is 9.53 Å². The van der Waals surface area contributed by atoms with Gasteiger partial charge in [0, 0.05) is 0 Å². The van der Waals surface area contributed by atoms with Gasteiger partial charge in [0.1, 0.15) is 5.75 Å². The fourth-order valence-corrected chi connectivity index (χ4v) is 2.21. The van der Waals surface area contributed by atoms with E-state index in [-0.39, 0.29) is 12.5 Å². The molecule has 116 valence electrons. The van der Waals surface area contributed by atoms with Gasteiger partial charge in [0.2, 0.25) is 0 Å². The molecule has 0 heterocycles. The lowest BCUT2D eigenvalue weighted by molar-refractivity contribution is -0.118. The van der Waals surface area contributed by atoms with E-state index in [1.165, 1.54) is 5.56 Å². The van der Waals surface area contributed by atoms with Gasteiger partial charge in [-0.25, -0.2) is 0 Å². The second-order valence-corrected chi connectivity index (χ2v) is 5.90. The van der Waals surface area contributed by atoms with Crippen LogP contribution in [0.25, 0.3) is 0 Å². The molecule has 0 unspecified atom stereocenters. The summed E-state index contributed by atoms with van der Waals surface area (Å²) in [6.45, 7) is 6.16. The average Bonchev–Trinajstić information content (AvgIpc) is 2.48. The molecule has 2 rings (SSSR count). The summed E-state index contributed by atoms with van der Waals surface area (Å²) in [5.41, 5.74) is 2.78. The van der Waals surface area contributed by atoms with Gasteiger partial charge in [-0.2, -0.15) is 0 Å². The molecular formula is C18H20ClNO2. The summed E-state index contributed by atoms with van der Waals surface area (Å²) in [4.78, 5) is 12.0. The molecule has 0 aliphatic heterocycles. The minimum absolute atomic E-state index is 0.0480. The van der Waals surface area contributed by atoms with Gasteiger partial charge in [-0.05, 0) is 42.2 Å². The Morgan fingerprint density at radius 3 is 2.64 bits per heavy atom. The van der Waals surface area contributed by atoms with Gasteiger partial charge in [0.25, 0.3) is 5.91 Å². The van der Waals surface area contributed by atoms with Gasteiger partial charge >= 0.3 is 0 Å². The molecule has 0 fully saturated rings. The Balaban J connectivity index is 1.99. The number of nitrogens with one attached hydrogen (secondary N) is 1. The third-order valence-corrected chi connectivity index (χ3v) is 3.72. The normalized spacial score (nSPS) is 10.6. The van der Waals surface area contributed by atoms with Crippen molar-refractivity contribution in [2.75, 3.05) is 11.9 Å². The first-order valence-electron chi connectivity index (χ1n) is 7.25. The molecule has 0 saturated carbocycles. The van der Waals surface area contributed by atoms with E-state index < -0.39 is 0 Å². The smallest absolute Gasteiger partial charge is 0.262 e. The van der Waals surface area contributed by atoms with E-state index >= 15 is 0 Å². The molecule has 1 N–H and O–H groups in total. The van der Waals surface area contributed by atoms with Gasteiger partial charge in [-0.15, -0.1) is 0 Å². The van der Waals surface area contributed by atoms with Crippen LogP contribution in [0.3, 0.4) is 0 Å². The minimum Gasteiger partial charge on any atom is -0.483 e. The van der Waals surface area contributed by atoms with E-state index in [1.54, 1.807) is 12.1 Å². The average molecular weight is 318 g/mol. The molecule has 4 heteroatoms. The molecule has 1 amide bonds. The summed E-state index contributed by atoms with van der Waals surface area (Å²) in [5.74, 6) is 0.919. The highest BCUT2D eigenvalue weighted by Gasteiger charge is 2.09. The van der Waals surface area contributed by atoms with Crippen molar-refractivity contribution in [3.05, 3.63) is 58.6 Å². The first-order valence-corrected chi connectivity index (χ1v) is 7.63. The summed E-state index contributed by atoms with van der Waals surface area (Å²) in [6, 6.07) is 13.2. The zero-order chi connectivity index (χ0) is 16.1. The van der Waals surface area contributed by atoms with Crippen LogP contribution in [-0.2, 0) is 4.79 Å². The Morgan fingerprint density at radius 1 is 1.23 bits per heavy atom. The summed E-state index contributed by atoms with van der Waals surface area (Å²) in [7, 11) is 0. The van der Waals surface area contributed by atoms with Crippen molar-refractivity contribution in [2.45, 2.75) is 26.7 Å². The van der Waals surface area contributed by atoms with E-state index in [2.05, 4.69) is 25.2 Å². The highest BCUT2D eigenvalue weighted by Crippen LogP contribution is 2.24. The Hall–Kier alpha value is -2.00. The van der Waals surface area contributed by atoms with E-state index in [9.17, 15) is 4.79 Å². The lowest BCUT2D eigenvalue weighted by Crippen LogP contribution is -2.20. The second-order valence-electron chi connectivity index (χ2n) is 5.50. The third-order valence-electron chi connectivity index (χ3n) is 3.39. The molecule has 0 saturated heterocycles. The van der Waals surface area contributed by atoms with Gasteiger partial charge in [0.05, 0.1) is 10.7 Å². The maximum absolute atomic E-state index is 12.0. The molecule has 0 radical (unpaired) electrons. The molecule has 2 aromatic rings. The summed E-state index contributed by atoms with van der Waals surface area (Å²) >= 11 is 6.01. The first kappa shape index (κ1) is 16.4. The number of ether oxygens (including phenoxy) is 1. The van der Waals surface area contributed by atoms with Gasteiger partial charge in [0.15, 0.2) is 6.61 Å². The van der Waals surface area contributed by atoms with E-state index in [1.807, 2.05) is 31.2 Å². The van der Waals surface area contributed by atoms with E-state index in [0.29, 0.717) is 16.6 Å². The molecule has 0 bridgehead atoms. The molecule has 3 nitrogen and oxygen atoms in total. The predicted octanol–water partition coefficient (Wildman–Crippen LogP) is 4.79. The van der Waals surface area contributed by atoms with Crippen LogP contribution in [0.4, 0.5) is 5.69 Å². The SMILES string of the molecule is Cc1ccc(C(C)C)cc1OCC(=O)Nc1ccccc1Cl. The maximum atomic E-state index is 12.0. The number of carbonyl (C=O) groups is 1. The van der Waals surface area contributed by atoms with Gasteiger partial charge in [-0.1, -0.05) is 49.7 Å². The fraction of sp³-hybridized carbons (Fsp3) is 0.278. The summed E-state index contributed by atoms with van der Waals surface area (Å²) in [5, 5.41) is 3.25. The second kappa shape index (κ2) is 7.32. The zero-order valence-corrected chi connectivity index (χ0v) is 13.8. The van der Waals surface area contributed by atoms with E-state index in [0.717, 1.165) is 11.3 Å². The third kappa shape index (κ3) is 4.25. The van der Waals surface area contributed by atoms with Crippen LogP contribution in [0.5, 0.6) is 5.75 Å². The number of halogens is 1. The number of benzene rings is 2. The molecule has 0 spiro atoms. The number of hydrogen-bond acceptors (Lipinski definition) is 2. The number of para-hydroxylation sites is 1. The van der Waals surface area contributed by atoms with Crippen molar-refractivity contribution in [3.8, 4) is 5.75 Å². The number of aryl methyl sites for hydroxylation is 1. The van der Waals surface area contributed by atoms with Crippen molar-refractivity contribution in [3.63, 3.8) is 0 Å². The van der Waals surface area contributed by atoms with Crippen molar-refractivity contribution in [2.24, 2.45) is 0 Å². The number of carbonyl (C=O) groups excluding carboxylic acids is 1. The Labute approximate surface area is 136 Å². The van der Waals surface area contributed by atoms with Crippen LogP contribution in [0.15, 0.2) is 42.5 Å². The fourth-order valence-electron chi connectivity index (χ4n) is 2.02. The lowest BCUT2D eigenvalue weighted by atomic mass is 10.0. The van der Waals surface area contributed by atoms with Crippen molar-refractivity contribution >= 4 is 23.2 Å². The van der Waals surface area contributed by atoms with Crippen LogP contribution in [0.1, 0.15) is 30.9 Å². The highest BCUT2D eigenvalue weighted by molar-refractivity contribution is 6.33. The largest absolute Gasteiger partial charge is 0.483 e. The van der Waals surface area contributed by atoms with Crippen LogP contribution in [0, 0.1) is 6.92 Å². The molecule has 0 atom stereocenters. The van der Waals surface area contributed by atoms with Crippen LogP contribution in [-0.4, -0.2) is 12.5 Å². The number of anilines is 1. The zero-order valence-electron chi connectivity index (χ0n) is 13.0. The van der Waals surface area contributed by atoms with Gasteiger partial charge < -0.3 is 10.1 Å². The molecule has 0 aliphatic carbocycles. The van der Waals surface area contributed by atoms with E-state index in [4.69, 9.17) is 16.3 Å². The number of rotatable bonds is 5. The van der Waals surface area contributed by atoms with Crippen LogP contribution in [0.2, 0.25) is 5.02 Å². The summed E-state index contributed by atoms with van der Waals surface area (Å²) < 4.78 is 5.65. The Bertz CT molecular complexity index is 668. The summed E-state index contributed by atoms with van der Waals surface area (Å²) in [6.07, 6.45) is 0. The van der Waals surface area contributed by atoms with Crippen LogP contribution < -0.4 is 10.1 Å². The topological polar surface area (TPSA) is 38.3 Å². The Morgan fingerprint density at radius 2 is 1.95 bits per heavy atom. The molecular weight excluding hydrogens is 298 g/mol.